The highest BCUT2D eigenvalue weighted by atomic mass is 16.6. The molecule has 0 saturated carbocycles. The zero-order chi connectivity index (χ0) is 23.0. The second kappa shape index (κ2) is 10.5. The van der Waals surface area contributed by atoms with Gasteiger partial charge in [-0.15, -0.1) is 0 Å². The van der Waals surface area contributed by atoms with Crippen LogP contribution >= 0.6 is 0 Å². The molecule has 1 amide bonds. The van der Waals surface area contributed by atoms with Crippen LogP contribution in [0.2, 0.25) is 0 Å². The van der Waals surface area contributed by atoms with E-state index in [1.165, 1.54) is 0 Å². The number of carbonyl (C=O) groups excluding carboxylic acids is 3. The number of fused-ring (bicyclic) bond motifs is 1. The minimum absolute atomic E-state index is 0.0267. The van der Waals surface area contributed by atoms with Gasteiger partial charge in [-0.2, -0.15) is 0 Å². The largest absolute Gasteiger partial charge is 0.486 e. The normalized spacial score (nSPS) is 12.0. The molecule has 168 valence electrons. The highest BCUT2D eigenvalue weighted by Gasteiger charge is 2.16. The van der Waals surface area contributed by atoms with Crippen LogP contribution in [0.1, 0.15) is 23.2 Å². The lowest BCUT2D eigenvalue weighted by Crippen LogP contribution is -2.21. The number of ether oxygens (including phenoxy) is 3. The van der Waals surface area contributed by atoms with Gasteiger partial charge in [0.25, 0.3) is 5.91 Å². The smallest absolute Gasteiger partial charge is 0.306 e. The second-order valence-corrected chi connectivity index (χ2v) is 7.43. The summed E-state index contributed by atoms with van der Waals surface area (Å²) in [5.74, 6) is -0.169. The molecule has 0 atom stereocenters. The van der Waals surface area contributed by atoms with Crippen molar-refractivity contribution >= 4 is 23.3 Å². The molecule has 1 heterocycles. The first-order valence-corrected chi connectivity index (χ1v) is 10.6. The number of amides is 1. The number of anilines is 1. The zero-order valence-electron chi connectivity index (χ0n) is 17.9. The average molecular weight is 445 g/mol. The van der Waals surface area contributed by atoms with Crippen molar-refractivity contribution in [3.8, 4) is 22.6 Å². The Morgan fingerprint density at radius 2 is 1.48 bits per heavy atom. The summed E-state index contributed by atoms with van der Waals surface area (Å²) in [6, 6.07) is 22.2. The summed E-state index contributed by atoms with van der Waals surface area (Å²) in [4.78, 5) is 36.4. The molecule has 0 saturated heterocycles. The number of ketones is 1. The molecule has 4 rings (SSSR count). The molecule has 0 bridgehead atoms. The molecule has 1 aliphatic heterocycles. The van der Waals surface area contributed by atoms with E-state index in [4.69, 9.17) is 14.2 Å². The van der Waals surface area contributed by atoms with Crippen LogP contribution in [0.4, 0.5) is 5.69 Å². The summed E-state index contributed by atoms with van der Waals surface area (Å²) < 4.78 is 15.9. The number of Topliss-reactive ketones (excluding diaryl/α,β-unsaturated/α-hetero) is 1. The lowest BCUT2D eigenvalue weighted by atomic mass is 10.1. The van der Waals surface area contributed by atoms with E-state index in [9.17, 15) is 14.4 Å². The van der Waals surface area contributed by atoms with E-state index >= 15 is 0 Å². The van der Waals surface area contributed by atoms with Crippen molar-refractivity contribution in [3.05, 3.63) is 78.4 Å². The van der Waals surface area contributed by atoms with Crippen LogP contribution in [-0.4, -0.2) is 37.5 Å². The van der Waals surface area contributed by atoms with Crippen molar-refractivity contribution in [1.29, 1.82) is 0 Å². The molecule has 0 spiro atoms. The van der Waals surface area contributed by atoms with Gasteiger partial charge in [0.1, 0.15) is 13.2 Å². The van der Waals surface area contributed by atoms with E-state index in [0.29, 0.717) is 36.0 Å². The number of esters is 1. The number of carbonyl (C=O) groups is 3. The molecule has 33 heavy (non-hydrogen) atoms. The van der Waals surface area contributed by atoms with Crippen LogP contribution in [0.3, 0.4) is 0 Å². The first kappa shape index (κ1) is 22.1. The third kappa shape index (κ3) is 5.98. The van der Waals surface area contributed by atoms with Crippen molar-refractivity contribution in [3.63, 3.8) is 0 Å². The van der Waals surface area contributed by atoms with Crippen LogP contribution in [0.25, 0.3) is 11.1 Å². The molecule has 1 aliphatic rings. The Kier molecular flexibility index (Phi) is 6.99. The summed E-state index contributed by atoms with van der Waals surface area (Å²) in [6.07, 6.45) is -0.145. The third-order valence-electron chi connectivity index (χ3n) is 5.06. The Morgan fingerprint density at radius 1 is 0.788 bits per heavy atom. The monoisotopic (exact) mass is 445 g/mol. The van der Waals surface area contributed by atoms with Crippen LogP contribution in [0.5, 0.6) is 11.5 Å². The van der Waals surface area contributed by atoms with Gasteiger partial charge in [0.15, 0.2) is 23.9 Å². The molecule has 0 aliphatic carbocycles. The van der Waals surface area contributed by atoms with Crippen molar-refractivity contribution < 1.29 is 28.6 Å². The maximum atomic E-state index is 12.4. The van der Waals surface area contributed by atoms with Gasteiger partial charge in [-0.25, -0.2) is 0 Å². The first-order valence-electron chi connectivity index (χ1n) is 10.6. The van der Waals surface area contributed by atoms with E-state index < -0.39 is 18.5 Å². The maximum absolute atomic E-state index is 12.4. The zero-order valence-corrected chi connectivity index (χ0v) is 17.9. The van der Waals surface area contributed by atoms with Crippen LogP contribution < -0.4 is 14.8 Å². The average Bonchev–Trinajstić information content (AvgIpc) is 2.86. The minimum Gasteiger partial charge on any atom is -0.486 e. The van der Waals surface area contributed by atoms with Crippen molar-refractivity contribution in [2.75, 3.05) is 25.1 Å². The fraction of sp³-hybridized carbons (Fsp3) is 0.192. The van der Waals surface area contributed by atoms with E-state index in [1.807, 2.05) is 42.5 Å². The van der Waals surface area contributed by atoms with Gasteiger partial charge in [0, 0.05) is 17.7 Å². The Bertz CT molecular complexity index is 1140. The van der Waals surface area contributed by atoms with Crippen LogP contribution in [0.15, 0.2) is 72.8 Å². The Morgan fingerprint density at radius 3 is 2.24 bits per heavy atom. The molecule has 3 aromatic carbocycles. The van der Waals surface area contributed by atoms with Gasteiger partial charge in [-0.1, -0.05) is 42.5 Å². The van der Waals surface area contributed by atoms with E-state index in [-0.39, 0.29) is 18.6 Å². The van der Waals surface area contributed by atoms with Gasteiger partial charge < -0.3 is 19.5 Å². The number of hydrogen-bond acceptors (Lipinski definition) is 6. The van der Waals surface area contributed by atoms with Crippen molar-refractivity contribution in [1.82, 2.24) is 0 Å². The highest BCUT2D eigenvalue weighted by molar-refractivity contribution is 5.98. The van der Waals surface area contributed by atoms with E-state index in [0.717, 1.165) is 11.1 Å². The van der Waals surface area contributed by atoms with E-state index in [2.05, 4.69) is 5.32 Å². The summed E-state index contributed by atoms with van der Waals surface area (Å²) in [6.45, 7) is 0.479. The van der Waals surface area contributed by atoms with Gasteiger partial charge >= 0.3 is 5.97 Å². The quantitative estimate of drug-likeness (QED) is 0.411. The number of nitrogens with one attached hydrogen (secondary N) is 1. The Labute approximate surface area is 191 Å². The lowest BCUT2D eigenvalue weighted by molar-refractivity contribution is -0.147. The number of hydrogen-bond donors (Lipinski definition) is 1. The standard InChI is InChI=1S/C26H23NO6/c28-22(20-8-12-23-24(16-20)32-15-14-31-23)11-13-26(30)33-17-25(29)27-21-9-6-19(7-10-21)18-4-2-1-3-5-18/h1-10,12,16H,11,13-15,17H2,(H,27,29). The maximum Gasteiger partial charge on any atom is 0.306 e. The molecule has 0 unspecified atom stereocenters. The Balaban J connectivity index is 1.20. The molecular weight excluding hydrogens is 422 g/mol. The van der Waals surface area contributed by atoms with Crippen molar-refractivity contribution in [2.45, 2.75) is 12.8 Å². The van der Waals surface area contributed by atoms with E-state index in [1.54, 1.807) is 30.3 Å². The molecule has 0 radical (unpaired) electrons. The predicted molar refractivity (Wildman–Crippen MR) is 122 cm³/mol. The summed E-state index contributed by atoms with van der Waals surface area (Å²) >= 11 is 0. The number of rotatable bonds is 8. The molecule has 0 fully saturated rings. The molecule has 3 aromatic rings. The third-order valence-corrected chi connectivity index (χ3v) is 5.06. The molecule has 7 nitrogen and oxygen atoms in total. The highest BCUT2D eigenvalue weighted by Crippen LogP contribution is 2.31. The van der Waals surface area contributed by atoms with Gasteiger partial charge in [-0.3, -0.25) is 14.4 Å². The summed E-state index contributed by atoms with van der Waals surface area (Å²) in [5.41, 5.74) is 3.14. The summed E-state index contributed by atoms with van der Waals surface area (Å²) in [5, 5.41) is 2.69. The topological polar surface area (TPSA) is 90.9 Å². The van der Waals surface area contributed by atoms with Crippen LogP contribution in [0, 0.1) is 0 Å². The molecule has 1 N–H and O–H groups in total. The van der Waals surface area contributed by atoms with Gasteiger partial charge in [0.2, 0.25) is 0 Å². The number of benzene rings is 3. The van der Waals surface area contributed by atoms with Gasteiger partial charge in [0.05, 0.1) is 6.42 Å². The first-order chi connectivity index (χ1) is 16.1. The fourth-order valence-corrected chi connectivity index (χ4v) is 3.37. The predicted octanol–water partition coefficient (Wildman–Crippen LogP) is 4.27. The second-order valence-electron chi connectivity index (χ2n) is 7.43. The lowest BCUT2D eigenvalue weighted by Gasteiger charge is -2.18. The minimum atomic E-state index is -0.615. The fourth-order valence-electron chi connectivity index (χ4n) is 3.37. The Hall–Kier alpha value is -4.13. The van der Waals surface area contributed by atoms with Crippen molar-refractivity contribution in [2.24, 2.45) is 0 Å². The SMILES string of the molecule is O=C(COC(=O)CCC(=O)c1ccc2c(c1)OCCO2)Nc1ccc(-c2ccccc2)cc1. The summed E-state index contributed by atoms with van der Waals surface area (Å²) in [7, 11) is 0. The molecule has 0 aromatic heterocycles. The van der Waals surface area contributed by atoms with Gasteiger partial charge in [-0.05, 0) is 41.5 Å². The molecule has 7 heteroatoms. The van der Waals surface area contributed by atoms with Crippen LogP contribution in [-0.2, 0) is 14.3 Å². The molecular formula is C26H23NO6.